The molecule has 1 N–H and O–H groups in total. The first-order chi connectivity index (χ1) is 6.07. The van der Waals surface area contributed by atoms with Crippen molar-refractivity contribution in [3.63, 3.8) is 0 Å². The van der Waals surface area contributed by atoms with Gasteiger partial charge in [0.2, 0.25) is 0 Å². The average molecular weight is 208 g/mol. The Morgan fingerprint density at radius 2 is 2.31 bits per heavy atom. The summed E-state index contributed by atoms with van der Waals surface area (Å²) in [5.74, 6) is 0.331. The van der Waals surface area contributed by atoms with Gasteiger partial charge in [-0.05, 0) is 13.8 Å². The van der Waals surface area contributed by atoms with Gasteiger partial charge in [0.1, 0.15) is 0 Å². The van der Waals surface area contributed by atoms with E-state index in [0.29, 0.717) is 12.5 Å². The fourth-order valence-corrected chi connectivity index (χ4v) is 1.95. The fourth-order valence-electron chi connectivity index (χ4n) is 1.60. The summed E-state index contributed by atoms with van der Waals surface area (Å²) in [6.45, 7) is 4.07. The molecule has 0 aromatic heterocycles. The van der Waals surface area contributed by atoms with Gasteiger partial charge in [-0.15, -0.1) is 11.6 Å². The van der Waals surface area contributed by atoms with Crippen molar-refractivity contribution < 1.29 is 14.6 Å². The van der Waals surface area contributed by atoms with Crippen LogP contribution < -0.4 is 0 Å². The van der Waals surface area contributed by atoms with Crippen LogP contribution in [0, 0.1) is 0 Å². The molecule has 1 aliphatic heterocycles. The van der Waals surface area contributed by atoms with E-state index in [2.05, 4.69) is 0 Å². The number of morpholine rings is 1. The van der Waals surface area contributed by atoms with Gasteiger partial charge in [-0.3, -0.25) is 4.90 Å². The lowest BCUT2D eigenvalue weighted by Crippen LogP contribution is -2.56. The zero-order chi connectivity index (χ0) is 10.0. The zero-order valence-electron chi connectivity index (χ0n) is 7.74. The molecule has 0 aliphatic carbocycles. The summed E-state index contributed by atoms with van der Waals surface area (Å²) < 4.78 is 5.40. The van der Waals surface area contributed by atoms with Crippen molar-refractivity contribution in [2.75, 3.05) is 12.5 Å². The van der Waals surface area contributed by atoms with Crippen molar-refractivity contribution in [1.29, 1.82) is 0 Å². The van der Waals surface area contributed by atoms with Gasteiger partial charge in [0, 0.05) is 0 Å². The molecular weight excluding hydrogens is 194 g/mol. The Morgan fingerprint density at radius 1 is 1.69 bits per heavy atom. The molecule has 5 heteroatoms. The average Bonchev–Trinajstić information content (AvgIpc) is 2.04. The number of nitrogens with zero attached hydrogens (tertiary/aromatic N) is 1. The van der Waals surface area contributed by atoms with Crippen LogP contribution >= 0.6 is 11.6 Å². The largest absolute Gasteiger partial charge is 0.465 e. The summed E-state index contributed by atoms with van der Waals surface area (Å²) in [7, 11) is 0. The topological polar surface area (TPSA) is 49.8 Å². The Balaban J connectivity index is 2.71. The highest BCUT2D eigenvalue weighted by Gasteiger charge is 2.35. The van der Waals surface area contributed by atoms with Gasteiger partial charge < -0.3 is 9.84 Å². The minimum absolute atomic E-state index is 0.0908. The Labute approximate surface area is 82.4 Å². The molecule has 1 fully saturated rings. The molecule has 0 bridgehead atoms. The van der Waals surface area contributed by atoms with Crippen molar-refractivity contribution in [2.45, 2.75) is 32.0 Å². The number of carboxylic acid groups (broad SMARTS) is 1. The van der Waals surface area contributed by atoms with Gasteiger partial charge in [-0.25, -0.2) is 4.79 Å². The molecule has 0 aromatic rings. The number of carbonyl (C=O) groups is 1. The Bertz CT molecular complexity index is 200. The van der Waals surface area contributed by atoms with Gasteiger partial charge in [0.15, 0.2) is 0 Å². The summed E-state index contributed by atoms with van der Waals surface area (Å²) in [4.78, 5) is 12.3. The quantitative estimate of drug-likeness (QED) is 0.661. The van der Waals surface area contributed by atoms with Crippen LogP contribution in [0.5, 0.6) is 0 Å². The Hall–Kier alpha value is -0.480. The lowest BCUT2D eigenvalue weighted by Gasteiger charge is -2.41. The maximum Gasteiger partial charge on any atom is 0.407 e. The molecule has 1 aliphatic rings. The van der Waals surface area contributed by atoms with Gasteiger partial charge in [0.25, 0.3) is 0 Å². The molecule has 13 heavy (non-hydrogen) atoms. The molecule has 0 radical (unpaired) electrons. The Kier molecular flexibility index (Phi) is 3.39. The predicted octanol–water partition coefficient (Wildman–Crippen LogP) is 1.38. The number of ether oxygens (including phenoxy) is 1. The van der Waals surface area contributed by atoms with E-state index in [1.165, 1.54) is 4.90 Å². The molecule has 0 spiro atoms. The SMILES string of the molecule is C[C@@H]1COC(CCl)[C@H](C)N1C(=O)O. The van der Waals surface area contributed by atoms with E-state index in [1.54, 1.807) is 0 Å². The van der Waals surface area contributed by atoms with Crippen LogP contribution in [0.4, 0.5) is 4.79 Å². The van der Waals surface area contributed by atoms with Crippen LogP contribution in [-0.4, -0.2) is 46.8 Å². The van der Waals surface area contributed by atoms with E-state index < -0.39 is 6.09 Å². The summed E-state index contributed by atoms with van der Waals surface area (Å²) in [6.07, 6.45) is -1.09. The standard InChI is InChI=1S/C8H14ClNO3/c1-5-4-13-7(3-9)6(2)10(5)8(11)12/h5-7H,3-4H2,1-2H3,(H,11,12)/t5-,6+,7?/m1/s1. The van der Waals surface area contributed by atoms with Crippen molar-refractivity contribution >= 4 is 17.7 Å². The highest BCUT2D eigenvalue weighted by molar-refractivity contribution is 6.18. The van der Waals surface area contributed by atoms with Crippen LogP contribution in [-0.2, 0) is 4.74 Å². The van der Waals surface area contributed by atoms with Crippen molar-refractivity contribution in [3.05, 3.63) is 0 Å². The van der Waals surface area contributed by atoms with E-state index in [9.17, 15) is 4.79 Å². The minimum Gasteiger partial charge on any atom is -0.465 e. The van der Waals surface area contributed by atoms with E-state index in [1.807, 2.05) is 13.8 Å². The van der Waals surface area contributed by atoms with Crippen LogP contribution in [0.25, 0.3) is 0 Å². The van der Waals surface area contributed by atoms with E-state index in [0.717, 1.165) is 0 Å². The highest BCUT2D eigenvalue weighted by Crippen LogP contribution is 2.19. The Morgan fingerprint density at radius 3 is 2.77 bits per heavy atom. The second-order valence-electron chi connectivity index (χ2n) is 3.31. The highest BCUT2D eigenvalue weighted by atomic mass is 35.5. The molecule has 1 rings (SSSR count). The molecule has 4 nitrogen and oxygen atoms in total. The third-order valence-electron chi connectivity index (χ3n) is 2.38. The van der Waals surface area contributed by atoms with E-state index in [4.69, 9.17) is 21.4 Å². The molecule has 1 unspecified atom stereocenters. The van der Waals surface area contributed by atoms with Crippen molar-refractivity contribution in [3.8, 4) is 0 Å². The molecule has 1 saturated heterocycles. The molecular formula is C8H14ClNO3. The number of rotatable bonds is 1. The maximum atomic E-state index is 10.9. The van der Waals surface area contributed by atoms with E-state index >= 15 is 0 Å². The third-order valence-corrected chi connectivity index (χ3v) is 2.68. The zero-order valence-corrected chi connectivity index (χ0v) is 8.49. The normalized spacial score (nSPS) is 34.7. The van der Waals surface area contributed by atoms with E-state index in [-0.39, 0.29) is 18.2 Å². The minimum atomic E-state index is -0.904. The van der Waals surface area contributed by atoms with Gasteiger partial charge in [-0.2, -0.15) is 0 Å². The summed E-state index contributed by atoms with van der Waals surface area (Å²) in [6, 6.07) is -0.259. The lowest BCUT2D eigenvalue weighted by molar-refractivity contribution is -0.0712. The van der Waals surface area contributed by atoms with Crippen molar-refractivity contribution in [1.82, 2.24) is 4.90 Å². The monoisotopic (exact) mass is 207 g/mol. The number of amides is 1. The van der Waals surface area contributed by atoms with Crippen LogP contribution in [0.3, 0.4) is 0 Å². The van der Waals surface area contributed by atoms with Gasteiger partial charge in [-0.1, -0.05) is 0 Å². The van der Waals surface area contributed by atoms with Crippen molar-refractivity contribution in [2.24, 2.45) is 0 Å². The number of hydrogen-bond donors (Lipinski definition) is 1. The molecule has 1 amide bonds. The molecule has 76 valence electrons. The van der Waals surface area contributed by atoms with Gasteiger partial charge >= 0.3 is 6.09 Å². The lowest BCUT2D eigenvalue weighted by atomic mass is 10.1. The summed E-state index contributed by atoms with van der Waals surface area (Å²) >= 11 is 5.65. The predicted molar refractivity (Wildman–Crippen MR) is 49.2 cm³/mol. The maximum absolute atomic E-state index is 10.9. The summed E-state index contributed by atoms with van der Waals surface area (Å²) in [5.41, 5.74) is 0. The third kappa shape index (κ3) is 2.06. The summed E-state index contributed by atoms with van der Waals surface area (Å²) in [5, 5.41) is 8.92. The van der Waals surface area contributed by atoms with Crippen LogP contribution in [0.15, 0.2) is 0 Å². The van der Waals surface area contributed by atoms with Crippen LogP contribution in [0.2, 0.25) is 0 Å². The fraction of sp³-hybridized carbons (Fsp3) is 0.875. The first-order valence-electron chi connectivity index (χ1n) is 4.26. The smallest absolute Gasteiger partial charge is 0.407 e. The number of halogens is 1. The molecule has 3 atom stereocenters. The second-order valence-corrected chi connectivity index (χ2v) is 3.61. The molecule has 0 saturated carbocycles. The first-order valence-corrected chi connectivity index (χ1v) is 4.80. The molecule has 0 aromatic carbocycles. The molecule has 1 heterocycles. The number of alkyl halides is 1. The second kappa shape index (κ2) is 4.15. The van der Waals surface area contributed by atoms with Crippen LogP contribution in [0.1, 0.15) is 13.8 Å². The first kappa shape index (κ1) is 10.6. The number of hydrogen-bond acceptors (Lipinski definition) is 2. The van der Waals surface area contributed by atoms with Gasteiger partial charge in [0.05, 0.1) is 30.7 Å².